The summed E-state index contributed by atoms with van der Waals surface area (Å²) in [5, 5.41) is 17.9. The van der Waals surface area contributed by atoms with Gasteiger partial charge in [0.25, 0.3) is 11.8 Å². The summed E-state index contributed by atoms with van der Waals surface area (Å²) in [7, 11) is 1.69. The van der Waals surface area contributed by atoms with E-state index >= 15 is 0 Å². The number of likely N-dealkylation sites (N-methyl/N-ethyl adjacent to an activating group) is 1. The van der Waals surface area contributed by atoms with Crippen molar-refractivity contribution in [1.29, 1.82) is 0 Å². The smallest absolute Gasteiger partial charge is 0.251 e. The first kappa shape index (κ1) is 59.7. The number of benzene rings is 5. The van der Waals surface area contributed by atoms with E-state index in [9.17, 15) is 24.0 Å². The number of likely N-dealkylation sites (tertiary alicyclic amines) is 2. The second-order valence-corrected chi connectivity index (χ2v) is 25.5. The highest BCUT2D eigenvalue weighted by molar-refractivity contribution is 7.10. The molecule has 6 N–H and O–H groups in total. The fourth-order valence-electron chi connectivity index (χ4n) is 10.9. The number of aromatic nitrogens is 2. The van der Waals surface area contributed by atoms with Gasteiger partial charge in [-0.1, -0.05) is 163 Å². The Labute approximate surface area is 495 Å². The van der Waals surface area contributed by atoms with Crippen LogP contribution < -0.4 is 27.0 Å². The normalized spacial score (nSPS) is 18.4. The van der Waals surface area contributed by atoms with Crippen LogP contribution in [0.1, 0.15) is 122 Å². The summed E-state index contributed by atoms with van der Waals surface area (Å²) < 4.78 is 0. The van der Waals surface area contributed by atoms with Crippen molar-refractivity contribution < 1.29 is 24.0 Å². The first-order valence-corrected chi connectivity index (χ1v) is 30.1. The fourth-order valence-corrected chi connectivity index (χ4v) is 12.7. The number of amides is 5. The lowest BCUT2D eigenvalue weighted by Gasteiger charge is -2.35. The monoisotopic (exact) mass is 1150 g/mol. The van der Waals surface area contributed by atoms with E-state index in [0.29, 0.717) is 24.0 Å². The van der Waals surface area contributed by atoms with Crippen molar-refractivity contribution in [2.75, 3.05) is 26.7 Å². The number of thiazole rings is 2. The lowest BCUT2D eigenvalue weighted by Crippen LogP contribution is -2.56. The first-order chi connectivity index (χ1) is 39.7. The van der Waals surface area contributed by atoms with Crippen molar-refractivity contribution in [2.45, 2.75) is 104 Å². The summed E-state index contributed by atoms with van der Waals surface area (Å²) in [4.78, 5) is 83.9. The average molecular weight is 1150 g/mol. The number of nitrogens with two attached hydrogens (primary N) is 1. The van der Waals surface area contributed by atoms with E-state index in [1.165, 1.54) is 22.7 Å². The Bertz CT molecular complexity index is 3510. The Morgan fingerprint density at radius 1 is 0.627 bits per heavy atom. The molecule has 5 amide bonds. The third-order valence-electron chi connectivity index (χ3n) is 15.5. The zero-order chi connectivity index (χ0) is 59.2. The number of carbonyl (C=O) groups is 5. The van der Waals surface area contributed by atoms with Crippen LogP contribution in [0.2, 0.25) is 0 Å². The predicted molar refractivity (Wildman–Crippen MR) is 334 cm³/mol. The summed E-state index contributed by atoms with van der Waals surface area (Å²) in [6.07, 6.45) is 4.94. The van der Waals surface area contributed by atoms with Crippen LogP contribution in [-0.4, -0.2) is 100 Å². The van der Waals surface area contributed by atoms with E-state index in [-0.39, 0.29) is 61.3 Å². The van der Waals surface area contributed by atoms with Crippen LogP contribution in [0.15, 0.2) is 156 Å². The van der Waals surface area contributed by atoms with Crippen molar-refractivity contribution in [3.8, 4) is 33.5 Å². The molecule has 0 radical (unpaired) electrons. The number of nitrogens with one attached hydrogen (secondary N) is 4. The van der Waals surface area contributed by atoms with Gasteiger partial charge < -0.3 is 36.8 Å². The van der Waals surface area contributed by atoms with E-state index in [2.05, 4.69) is 70.7 Å². The third kappa shape index (κ3) is 13.8. The maximum absolute atomic E-state index is 14.8. The second-order valence-electron chi connectivity index (χ2n) is 23.7. The summed E-state index contributed by atoms with van der Waals surface area (Å²) in [6, 6.07) is 39.9. The summed E-state index contributed by atoms with van der Waals surface area (Å²) in [5.74, 6) is -1.26. The molecule has 16 heteroatoms. The van der Waals surface area contributed by atoms with Gasteiger partial charge in [0.15, 0.2) is 0 Å². The molecule has 6 unspecified atom stereocenters. The summed E-state index contributed by atoms with van der Waals surface area (Å²) >= 11 is 2.99. The number of carbonyl (C=O) groups excluding carboxylic acids is 5. The van der Waals surface area contributed by atoms with E-state index in [1.807, 2.05) is 138 Å². The van der Waals surface area contributed by atoms with E-state index in [1.54, 1.807) is 41.1 Å². The van der Waals surface area contributed by atoms with Crippen molar-refractivity contribution in [2.24, 2.45) is 16.6 Å². The SMILES string of the molecule is C/C=C\C(=C(/C)c1ccccc1)c1csc(C2CC(NC(=O)c3ccc(-c4ccc(C(=O)NC5CC(c6nc(-c7ccccc7-c7ccccc7)cs6)N(C(=O)C(N)C(C)(C)C)C5)cc4)cc3)CN2C(=O)C(NC(=O)CNC)C(C)(C)C)n1. The van der Waals surface area contributed by atoms with Crippen LogP contribution in [0.4, 0.5) is 0 Å². The summed E-state index contributed by atoms with van der Waals surface area (Å²) in [6.45, 7) is 16.3. The van der Waals surface area contributed by atoms with Crippen molar-refractivity contribution in [3.63, 3.8) is 0 Å². The molecule has 83 heavy (non-hydrogen) atoms. The zero-order valence-corrected chi connectivity index (χ0v) is 50.4. The van der Waals surface area contributed by atoms with E-state index in [4.69, 9.17) is 15.7 Å². The highest BCUT2D eigenvalue weighted by atomic mass is 32.1. The van der Waals surface area contributed by atoms with Gasteiger partial charge in [0, 0.05) is 58.2 Å². The molecule has 2 fully saturated rings. The highest BCUT2D eigenvalue weighted by Crippen LogP contribution is 2.41. The third-order valence-corrected chi connectivity index (χ3v) is 17.4. The van der Waals surface area contributed by atoms with Crippen LogP contribution >= 0.6 is 22.7 Å². The molecule has 2 saturated heterocycles. The van der Waals surface area contributed by atoms with Crippen LogP contribution in [0.5, 0.6) is 0 Å². The van der Waals surface area contributed by atoms with Crippen molar-refractivity contribution in [3.05, 3.63) is 189 Å². The molecule has 7 aromatic rings. The molecule has 14 nitrogen and oxygen atoms in total. The van der Waals surface area contributed by atoms with Crippen LogP contribution in [0, 0.1) is 10.8 Å². The van der Waals surface area contributed by atoms with Gasteiger partial charge in [0.2, 0.25) is 17.7 Å². The van der Waals surface area contributed by atoms with Gasteiger partial charge in [-0.05, 0) is 102 Å². The van der Waals surface area contributed by atoms with Gasteiger partial charge in [0.1, 0.15) is 16.1 Å². The van der Waals surface area contributed by atoms with Gasteiger partial charge in [-0.25, -0.2) is 9.97 Å². The first-order valence-electron chi connectivity index (χ1n) is 28.3. The minimum Gasteiger partial charge on any atom is -0.347 e. The van der Waals surface area contributed by atoms with Crippen molar-refractivity contribution >= 4 is 63.4 Å². The summed E-state index contributed by atoms with van der Waals surface area (Å²) in [5.41, 5.74) is 16.0. The molecule has 0 saturated carbocycles. The molecule has 0 bridgehead atoms. The van der Waals surface area contributed by atoms with Gasteiger partial charge >= 0.3 is 0 Å². The molecule has 0 aliphatic carbocycles. The number of nitrogens with zero attached hydrogens (tertiary/aromatic N) is 4. The van der Waals surface area contributed by atoms with E-state index in [0.717, 1.165) is 65.9 Å². The number of hydrogen-bond acceptors (Lipinski definition) is 11. The molecule has 9 rings (SSSR count). The van der Waals surface area contributed by atoms with Gasteiger partial charge in [-0.2, -0.15) is 0 Å². The van der Waals surface area contributed by atoms with Gasteiger partial charge in [-0.3, -0.25) is 24.0 Å². The van der Waals surface area contributed by atoms with Crippen molar-refractivity contribution in [1.82, 2.24) is 41.0 Å². The minimum atomic E-state index is -0.838. The van der Waals surface area contributed by atoms with Crippen LogP contribution in [-0.2, 0) is 14.4 Å². The number of hydrogen-bond donors (Lipinski definition) is 5. The second kappa shape index (κ2) is 25.7. The lowest BCUT2D eigenvalue weighted by atomic mass is 9.85. The topological polar surface area (TPSA) is 192 Å². The Hall–Kier alpha value is -7.89. The lowest BCUT2D eigenvalue weighted by molar-refractivity contribution is -0.140. The molecule has 0 spiro atoms. The molecule has 5 aromatic carbocycles. The maximum atomic E-state index is 14.8. The van der Waals surface area contributed by atoms with E-state index < -0.39 is 35.0 Å². The minimum absolute atomic E-state index is 0.0589. The molecule has 6 atom stereocenters. The van der Waals surface area contributed by atoms with Crippen LogP contribution in [0.3, 0.4) is 0 Å². The molecular weight excluding hydrogens is 1070 g/mol. The molecular formula is C67H75N9O5S2. The Morgan fingerprint density at radius 2 is 1.13 bits per heavy atom. The molecule has 2 aliphatic rings. The fraction of sp³-hybridized carbons (Fsp3) is 0.328. The molecule has 430 valence electrons. The largest absolute Gasteiger partial charge is 0.347 e. The van der Waals surface area contributed by atoms with Gasteiger partial charge in [-0.15, -0.1) is 22.7 Å². The molecule has 2 aromatic heterocycles. The Balaban J connectivity index is 0.881. The quantitative estimate of drug-likeness (QED) is 0.0552. The highest BCUT2D eigenvalue weighted by Gasteiger charge is 2.45. The molecule has 4 heterocycles. The maximum Gasteiger partial charge on any atom is 0.251 e. The Kier molecular flexibility index (Phi) is 18.5. The molecule has 2 aliphatic heterocycles. The average Bonchev–Trinajstić information content (AvgIpc) is 4.51. The van der Waals surface area contributed by atoms with Crippen LogP contribution in [0.25, 0.3) is 44.7 Å². The predicted octanol–water partition coefficient (Wildman–Crippen LogP) is 11.4. The Morgan fingerprint density at radius 3 is 1.66 bits per heavy atom. The zero-order valence-electron chi connectivity index (χ0n) is 48.7. The standard InChI is InChI=1S/C67H75N9O5S2/c1-10-19-50(41(2)42-20-13-11-14-21-42)53-39-82-63(72-53)56-35-49(38-76(56)65(81)59(67(6,7)8)74-57(77)36-69-9)71-61(79)47-32-28-44(29-33-47)43-26-30-46(31-27-43)60(78)70-48-34-55(75(37-48)64(80)58(68)66(3,4)5)62-73-54(40-83-62)52-25-18-17-24-51(52)45-22-15-12-16-23-45/h10-33,39-40,48-49,55-56,58-59,69H,34-38,68H2,1-9H3,(H,70,78)(H,71,79)(H,74,77)/b19-10-,50-41-. The van der Waals surface area contributed by atoms with Gasteiger partial charge in [0.05, 0.1) is 36.1 Å². The number of rotatable bonds is 17. The number of allylic oxidation sites excluding steroid dienone is 4.